The molecule has 0 saturated heterocycles. The summed E-state index contributed by atoms with van der Waals surface area (Å²) in [6.45, 7) is 0. The molecule has 3 aromatic carbocycles. The number of nitro benzene ring substituents is 1. The first-order valence-corrected chi connectivity index (χ1v) is 9.35. The van der Waals surface area contributed by atoms with E-state index in [0.717, 1.165) is 20.8 Å². The van der Waals surface area contributed by atoms with Gasteiger partial charge in [-0.3, -0.25) is 14.9 Å². The molecule has 0 fully saturated rings. The van der Waals surface area contributed by atoms with Crippen molar-refractivity contribution in [2.24, 2.45) is 0 Å². The Morgan fingerprint density at radius 2 is 1.79 bits per heavy atom. The Kier molecular flexibility index (Phi) is 4.78. The highest BCUT2D eigenvalue weighted by Crippen LogP contribution is 2.30. The van der Waals surface area contributed by atoms with Crippen LogP contribution in [0, 0.1) is 10.1 Å². The molecular weight excluding hydrogens is 372 g/mol. The molecule has 0 aliphatic heterocycles. The van der Waals surface area contributed by atoms with E-state index < -0.39 is 4.92 Å². The second-order valence-electron chi connectivity index (χ2n) is 6.11. The third-order valence-electron chi connectivity index (χ3n) is 4.22. The largest absolute Gasteiger partial charge is 0.289 e. The molecule has 28 heavy (non-hydrogen) atoms. The zero-order valence-electron chi connectivity index (χ0n) is 14.6. The van der Waals surface area contributed by atoms with Crippen LogP contribution in [0.5, 0.6) is 0 Å². The van der Waals surface area contributed by atoms with Crippen molar-refractivity contribution in [1.82, 2.24) is 4.98 Å². The van der Waals surface area contributed by atoms with E-state index in [1.54, 1.807) is 41.7 Å². The first-order chi connectivity index (χ1) is 13.6. The minimum Gasteiger partial charge on any atom is -0.289 e. The Morgan fingerprint density at radius 1 is 1.00 bits per heavy atom. The topological polar surface area (TPSA) is 73.1 Å². The molecule has 0 N–H and O–H groups in total. The number of carbonyl (C=O) groups excluding carboxylic acids is 1. The van der Waals surface area contributed by atoms with E-state index in [0.29, 0.717) is 11.1 Å². The number of aromatic nitrogens is 1. The van der Waals surface area contributed by atoms with Crippen LogP contribution >= 0.6 is 11.3 Å². The normalized spacial score (nSPS) is 11.1. The number of para-hydroxylation sites is 1. The summed E-state index contributed by atoms with van der Waals surface area (Å²) in [5.74, 6) is -0.164. The number of hydrogen-bond acceptors (Lipinski definition) is 5. The van der Waals surface area contributed by atoms with Crippen LogP contribution in [0.15, 0.2) is 78.9 Å². The Hall–Kier alpha value is -3.64. The molecular formula is C22H14N2O3S. The van der Waals surface area contributed by atoms with E-state index >= 15 is 0 Å². The number of ketones is 1. The highest BCUT2D eigenvalue weighted by molar-refractivity contribution is 7.21. The summed E-state index contributed by atoms with van der Waals surface area (Å²) in [5.41, 5.74) is 3.07. The van der Waals surface area contributed by atoms with Crippen molar-refractivity contribution < 1.29 is 9.72 Å². The van der Waals surface area contributed by atoms with Crippen molar-refractivity contribution in [2.45, 2.75) is 0 Å². The number of rotatable bonds is 5. The summed E-state index contributed by atoms with van der Waals surface area (Å²) in [4.78, 5) is 27.4. The molecule has 4 rings (SSSR count). The monoisotopic (exact) mass is 386 g/mol. The van der Waals surface area contributed by atoms with Crippen LogP contribution in [0.1, 0.15) is 15.9 Å². The third kappa shape index (κ3) is 3.72. The molecule has 0 aliphatic carbocycles. The predicted molar refractivity (Wildman–Crippen MR) is 112 cm³/mol. The van der Waals surface area contributed by atoms with Crippen molar-refractivity contribution >= 4 is 39.1 Å². The third-order valence-corrected chi connectivity index (χ3v) is 5.30. The van der Waals surface area contributed by atoms with E-state index in [1.807, 2.05) is 36.4 Å². The zero-order valence-corrected chi connectivity index (χ0v) is 15.4. The van der Waals surface area contributed by atoms with Crippen LogP contribution in [0.4, 0.5) is 5.69 Å². The minimum atomic E-state index is -0.458. The van der Waals surface area contributed by atoms with E-state index in [2.05, 4.69) is 4.98 Å². The van der Waals surface area contributed by atoms with Gasteiger partial charge in [0, 0.05) is 23.3 Å². The van der Waals surface area contributed by atoms with Crippen LogP contribution in [0.3, 0.4) is 0 Å². The SMILES string of the molecule is O=C(C=Cc1cccc([N+](=O)[O-])c1)c1ccc(-c2nc3ccccc3s2)cc1. The molecule has 4 aromatic rings. The number of nitrogens with zero attached hydrogens (tertiary/aromatic N) is 2. The average Bonchev–Trinajstić information content (AvgIpc) is 3.16. The summed E-state index contributed by atoms with van der Waals surface area (Å²) in [6.07, 6.45) is 3.00. The van der Waals surface area contributed by atoms with Crippen molar-refractivity contribution in [3.63, 3.8) is 0 Å². The van der Waals surface area contributed by atoms with Gasteiger partial charge in [-0.1, -0.05) is 54.6 Å². The molecule has 5 nitrogen and oxygen atoms in total. The van der Waals surface area contributed by atoms with Gasteiger partial charge >= 0.3 is 0 Å². The molecule has 6 heteroatoms. The summed E-state index contributed by atoms with van der Waals surface area (Å²) in [5, 5.41) is 11.7. The standard InChI is InChI=1S/C22H14N2O3S/c25-20(13-8-15-4-3-5-18(14-15)24(26)27)16-9-11-17(12-10-16)22-23-19-6-1-2-7-21(19)28-22/h1-14H. The fourth-order valence-corrected chi connectivity index (χ4v) is 3.75. The average molecular weight is 386 g/mol. The van der Waals surface area contributed by atoms with Gasteiger partial charge in [0.15, 0.2) is 5.78 Å². The first kappa shape index (κ1) is 17.8. The van der Waals surface area contributed by atoms with Crippen molar-refractivity contribution in [2.75, 3.05) is 0 Å². The number of hydrogen-bond donors (Lipinski definition) is 0. The maximum absolute atomic E-state index is 12.4. The number of non-ortho nitro benzene ring substituents is 1. The minimum absolute atomic E-state index is 0.00483. The maximum Gasteiger partial charge on any atom is 0.270 e. The van der Waals surface area contributed by atoms with Gasteiger partial charge in [-0.15, -0.1) is 11.3 Å². The lowest BCUT2D eigenvalue weighted by molar-refractivity contribution is -0.384. The summed E-state index contributed by atoms with van der Waals surface area (Å²) in [6, 6.07) is 21.4. The molecule has 0 aliphatic rings. The van der Waals surface area contributed by atoms with Crippen molar-refractivity contribution in [3.8, 4) is 10.6 Å². The van der Waals surface area contributed by atoms with Gasteiger partial charge in [0.2, 0.25) is 0 Å². The molecule has 0 unspecified atom stereocenters. The van der Waals surface area contributed by atoms with E-state index in [1.165, 1.54) is 18.2 Å². The molecule has 0 bridgehead atoms. The van der Waals surface area contributed by atoms with Crippen LogP contribution in [0.2, 0.25) is 0 Å². The fourth-order valence-electron chi connectivity index (χ4n) is 2.78. The highest BCUT2D eigenvalue weighted by atomic mass is 32.1. The molecule has 1 heterocycles. The molecule has 0 amide bonds. The summed E-state index contributed by atoms with van der Waals surface area (Å²) >= 11 is 1.61. The Balaban J connectivity index is 1.52. The molecule has 0 atom stereocenters. The van der Waals surface area contributed by atoms with Gasteiger partial charge in [0.25, 0.3) is 5.69 Å². The quantitative estimate of drug-likeness (QED) is 0.189. The lowest BCUT2D eigenvalue weighted by atomic mass is 10.1. The summed E-state index contributed by atoms with van der Waals surface area (Å²) < 4.78 is 1.12. The van der Waals surface area contributed by atoms with Gasteiger partial charge < -0.3 is 0 Å². The molecule has 0 spiro atoms. The smallest absolute Gasteiger partial charge is 0.270 e. The van der Waals surface area contributed by atoms with Crippen molar-refractivity contribution in [3.05, 3.63) is 100 Å². The number of allylic oxidation sites excluding steroid dienone is 1. The zero-order chi connectivity index (χ0) is 19.5. The highest BCUT2D eigenvalue weighted by Gasteiger charge is 2.08. The van der Waals surface area contributed by atoms with Crippen molar-refractivity contribution in [1.29, 1.82) is 0 Å². The van der Waals surface area contributed by atoms with Gasteiger partial charge in [-0.25, -0.2) is 4.98 Å². The van der Waals surface area contributed by atoms with Crippen LogP contribution in [-0.2, 0) is 0 Å². The van der Waals surface area contributed by atoms with E-state index in [-0.39, 0.29) is 11.5 Å². The molecule has 0 saturated carbocycles. The Bertz CT molecular complexity index is 1180. The fraction of sp³-hybridized carbons (Fsp3) is 0. The van der Waals surface area contributed by atoms with Gasteiger partial charge in [0.05, 0.1) is 15.1 Å². The van der Waals surface area contributed by atoms with Crippen LogP contribution in [0.25, 0.3) is 26.9 Å². The second kappa shape index (κ2) is 7.54. The maximum atomic E-state index is 12.4. The molecule has 0 radical (unpaired) electrons. The molecule has 136 valence electrons. The second-order valence-corrected chi connectivity index (χ2v) is 7.14. The Morgan fingerprint density at radius 3 is 2.54 bits per heavy atom. The summed E-state index contributed by atoms with van der Waals surface area (Å²) in [7, 11) is 0. The lowest BCUT2D eigenvalue weighted by Crippen LogP contribution is -1.94. The first-order valence-electron chi connectivity index (χ1n) is 8.53. The number of fused-ring (bicyclic) bond motifs is 1. The van der Waals surface area contributed by atoms with Gasteiger partial charge in [0.1, 0.15) is 5.01 Å². The number of carbonyl (C=O) groups is 1. The van der Waals surface area contributed by atoms with Gasteiger partial charge in [-0.2, -0.15) is 0 Å². The van der Waals surface area contributed by atoms with Gasteiger partial charge in [-0.05, 0) is 23.8 Å². The van der Waals surface area contributed by atoms with Crippen LogP contribution in [-0.4, -0.2) is 15.7 Å². The van der Waals surface area contributed by atoms with Crippen LogP contribution < -0.4 is 0 Å². The van der Waals surface area contributed by atoms with E-state index in [9.17, 15) is 14.9 Å². The number of benzene rings is 3. The van der Waals surface area contributed by atoms with E-state index in [4.69, 9.17) is 0 Å². The lowest BCUT2D eigenvalue weighted by Gasteiger charge is -1.99. The Labute approximate surface area is 164 Å². The predicted octanol–water partition coefficient (Wildman–Crippen LogP) is 5.77. The molecule has 1 aromatic heterocycles. The number of thiazole rings is 1. The number of nitro groups is 1.